The van der Waals surface area contributed by atoms with Gasteiger partial charge in [0, 0.05) is 23.3 Å². The number of hydrogen-bond acceptors (Lipinski definition) is 2. The largest absolute Gasteiger partial charge is 0.478 e. The molecule has 1 heterocycles. The second kappa shape index (κ2) is 9.47. The number of carbonyl (C=O) groups is 1. The number of nitrogens with zero attached hydrogens (tertiary/aromatic N) is 1. The minimum atomic E-state index is -2.87. The maximum Gasteiger partial charge on any atom is 0.387 e. The van der Waals surface area contributed by atoms with E-state index in [1.807, 2.05) is 47.2 Å². The van der Waals surface area contributed by atoms with Gasteiger partial charge in [0.1, 0.15) is 5.75 Å². The lowest BCUT2D eigenvalue weighted by Crippen LogP contribution is -2.02. The van der Waals surface area contributed by atoms with Gasteiger partial charge in [0.05, 0.1) is 5.52 Å². The van der Waals surface area contributed by atoms with Crippen molar-refractivity contribution >= 4 is 22.9 Å². The van der Waals surface area contributed by atoms with Crippen LogP contribution in [0.3, 0.4) is 0 Å². The molecule has 4 rings (SSSR count). The molecule has 0 aliphatic rings. The van der Waals surface area contributed by atoms with E-state index >= 15 is 0 Å². The zero-order valence-electron chi connectivity index (χ0n) is 17.1. The van der Waals surface area contributed by atoms with Crippen LogP contribution in [0.25, 0.3) is 22.7 Å². The SMILES string of the molecule is O=C(O)/C=C/c1ccc2c(c1)c(CCc1ccccc1)cn2-c1ccc(OC(F)F)cc1. The molecule has 1 N–H and O–H groups in total. The second-order valence-corrected chi connectivity index (χ2v) is 7.33. The Morgan fingerprint density at radius 2 is 1.75 bits per heavy atom. The van der Waals surface area contributed by atoms with Gasteiger partial charge in [0.25, 0.3) is 0 Å². The van der Waals surface area contributed by atoms with Crippen molar-refractivity contribution in [3.8, 4) is 11.4 Å². The van der Waals surface area contributed by atoms with Gasteiger partial charge in [-0.2, -0.15) is 8.78 Å². The number of ether oxygens (including phenoxy) is 1. The summed E-state index contributed by atoms with van der Waals surface area (Å²) in [6, 6.07) is 22.4. The van der Waals surface area contributed by atoms with Gasteiger partial charge in [-0.05, 0) is 72.0 Å². The molecule has 0 radical (unpaired) electrons. The summed E-state index contributed by atoms with van der Waals surface area (Å²) < 4.78 is 31.4. The van der Waals surface area contributed by atoms with Crippen LogP contribution >= 0.6 is 0 Å². The zero-order chi connectivity index (χ0) is 22.5. The maximum absolute atomic E-state index is 12.5. The highest BCUT2D eigenvalue weighted by Crippen LogP contribution is 2.29. The number of halogens is 2. The number of aromatic nitrogens is 1. The first kappa shape index (κ1) is 21.3. The lowest BCUT2D eigenvalue weighted by atomic mass is 10.0. The van der Waals surface area contributed by atoms with Crippen LogP contribution in [0.15, 0.2) is 85.1 Å². The van der Waals surface area contributed by atoms with Crippen LogP contribution in [-0.4, -0.2) is 22.3 Å². The Morgan fingerprint density at radius 3 is 2.44 bits per heavy atom. The van der Waals surface area contributed by atoms with Crippen molar-refractivity contribution in [2.75, 3.05) is 0 Å². The number of aliphatic carboxylic acids is 1. The summed E-state index contributed by atoms with van der Waals surface area (Å²) in [5, 5.41) is 9.95. The first-order valence-corrected chi connectivity index (χ1v) is 10.1. The van der Waals surface area contributed by atoms with Gasteiger partial charge >= 0.3 is 12.6 Å². The number of carboxylic acid groups (broad SMARTS) is 1. The highest BCUT2D eigenvalue weighted by Gasteiger charge is 2.12. The summed E-state index contributed by atoms with van der Waals surface area (Å²) in [4.78, 5) is 10.9. The summed E-state index contributed by atoms with van der Waals surface area (Å²) in [5.41, 5.74) is 4.89. The molecule has 0 aliphatic heterocycles. The van der Waals surface area contributed by atoms with Crippen LogP contribution in [0.1, 0.15) is 16.7 Å². The van der Waals surface area contributed by atoms with Gasteiger partial charge in [0.2, 0.25) is 0 Å². The Hall–Kier alpha value is -3.93. The Kier molecular flexibility index (Phi) is 6.31. The van der Waals surface area contributed by atoms with Crippen molar-refractivity contribution in [2.45, 2.75) is 19.5 Å². The molecule has 4 aromatic rings. The number of rotatable bonds is 8. The minimum Gasteiger partial charge on any atom is -0.478 e. The minimum absolute atomic E-state index is 0.102. The van der Waals surface area contributed by atoms with E-state index in [0.29, 0.717) is 0 Å². The lowest BCUT2D eigenvalue weighted by molar-refractivity contribution is -0.131. The van der Waals surface area contributed by atoms with Crippen LogP contribution in [0.4, 0.5) is 8.78 Å². The van der Waals surface area contributed by atoms with Crippen molar-refractivity contribution in [1.82, 2.24) is 4.57 Å². The molecule has 1 aromatic heterocycles. The fourth-order valence-corrected chi connectivity index (χ4v) is 3.71. The third-order valence-electron chi connectivity index (χ3n) is 5.20. The number of benzene rings is 3. The Balaban J connectivity index is 1.72. The molecular weight excluding hydrogens is 412 g/mol. The van der Waals surface area contributed by atoms with E-state index in [2.05, 4.69) is 16.9 Å². The molecule has 32 heavy (non-hydrogen) atoms. The number of hydrogen-bond donors (Lipinski definition) is 1. The topological polar surface area (TPSA) is 51.5 Å². The molecule has 0 aliphatic carbocycles. The van der Waals surface area contributed by atoms with E-state index in [9.17, 15) is 13.6 Å². The van der Waals surface area contributed by atoms with E-state index in [1.165, 1.54) is 17.7 Å². The average molecular weight is 433 g/mol. The molecule has 0 spiro atoms. The molecule has 0 atom stereocenters. The van der Waals surface area contributed by atoms with Gasteiger partial charge in [0.15, 0.2) is 0 Å². The van der Waals surface area contributed by atoms with Crippen molar-refractivity contribution in [2.24, 2.45) is 0 Å². The molecule has 0 saturated heterocycles. The van der Waals surface area contributed by atoms with Crippen LogP contribution in [0, 0.1) is 0 Å². The van der Waals surface area contributed by atoms with E-state index in [0.717, 1.165) is 46.6 Å². The van der Waals surface area contributed by atoms with Gasteiger partial charge in [-0.25, -0.2) is 4.79 Å². The first-order chi connectivity index (χ1) is 15.5. The summed E-state index contributed by atoms with van der Waals surface area (Å²) in [7, 11) is 0. The number of fused-ring (bicyclic) bond motifs is 1. The lowest BCUT2D eigenvalue weighted by Gasteiger charge is -2.08. The smallest absolute Gasteiger partial charge is 0.387 e. The summed E-state index contributed by atoms with van der Waals surface area (Å²) in [5.74, 6) is -0.899. The van der Waals surface area contributed by atoms with Crippen molar-refractivity contribution < 1.29 is 23.4 Å². The molecule has 0 unspecified atom stereocenters. The highest BCUT2D eigenvalue weighted by atomic mass is 19.3. The summed E-state index contributed by atoms with van der Waals surface area (Å²) in [6.07, 6.45) is 6.38. The fraction of sp³-hybridized carbons (Fsp3) is 0.115. The quantitative estimate of drug-likeness (QED) is 0.341. The fourth-order valence-electron chi connectivity index (χ4n) is 3.71. The van der Waals surface area contributed by atoms with Crippen molar-refractivity contribution in [3.63, 3.8) is 0 Å². The Labute approximate surface area is 184 Å². The molecule has 162 valence electrons. The Morgan fingerprint density at radius 1 is 1.00 bits per heavy atom. The molecule has 0 saturated carbocycles. The second-order valence-electron chi connectivity index (χ2n) is 7.33. The van der Waals surface area contributed by atoms with E-state index in [-0.39, 0.29) is 5.75 Å². The number of alkyl halides is 2. The normalized spacial score (nSPS) is 11.5. The predicted molar refractivity (Wildman–Crippen MR) is 120 cm³/mol. The van der Waals surface area contributed by atoms with Crippen LogP contribution in [-0.2, 0) is 17.6 Å². The number of aryl methyl sites for hydroxylation is 2. The van der Waals surface area contributed by atoms with E-state index < -0.39 is 12.6 Å². The van der Waals surface area contributed by atoms with Crippen molar-refractivity contribution in [3.05, 3.63) is 102 Å². The zero-order valence-corrected chi connectivity index (χ0v) is 17.1. The van der Waals surface area contributed by atoms with Crippen LogP contribution < -0.4 is 4.74 Å². The molecule has 4 nitrogen and oxygen atoms in total. The van der Waals surface area contributed by atoms with Gasteiger partial charge in [-0.15, -0.1) is 0 Å². The first-order valence-electron chi connectivity index (χ1n) is 10.1. The van der Waals surface area contributed by atoms with Crippen molar-refractivity contribution in [1.29, 1.82) is 0 Å². The molecule has 6 heteroatoms. The third kappa shape index (κ3) is 5.03. The van der Waals surface area contributed by atoms with Gasteiger partial charge in [-0.1, -0.05) is 36.4 Å². The molecule has 0 bridgehead atoms. The average Bonchev–Trinajstić information content (AvgIpc) is 3.15. The molecule has 0 fully saturated rings. The number of carboxylic acids is 1. The molecule has 0 amide bonds. The summed E-state index contributed by atoms with van der Waals surface area (Å²) >= 11 is 0. The third-order valence-corrected chi connectivity index (χ3v) is 5.20. The summed E-state index contributed by atoms with van der Waals surface area (Å²) in [6.45, 7) is -2.87. The van der Waals surface area contributed by atoms with Crippen LogP contribution in [0.2, 0.25) is 0 Å². The standard InChI is InChI=1S/C26H21F2NO3/c27-26(28)32-22-12-10-21(11-13-22)29-17-20(9-6-18-4-2-1-3-5-18)23-16-19(7-14-24(23)29)8-15-25(30)31/h1-5,7-8,10-17,26H,6,9H2,(H,30,31)/b15-8+. The van der Waals surface area contributed by atoms with Gasteiger partial charge in [-0.3, -0.25) is 0 Å². The van der Waals surface area contributed by atoms with E-state index in [1.54, 1.807) is 18.2 Å². The maximum atomic E-state index is 12.5. The molecular formula is C26H21F2NO3. The predicted octanol–water partition coefficient (Wildman–Crippen LogP) is 6.11. The van der Waals surface area contributed by atoms with Crippen LogP contribution in [0.5, 0.6) is 5.75 Å². The monoisotopic (exact) mass is 433 g/mol. The van der Waals surface area contributed by atoms with Gasteiger partial charge < -0.3 is 14.4 Å². The molecule has 3 aromatic carbocycles. The van der Waals surface area contributed by atoms with E-state index in [4.69, 9.17) is 5.11 Å². The Bertz CT molecular complexity index is 1250. The highest BCUT2D eigenvalue weighted by molar-refractivity contribution is 5.90.